The molecule has 0 saturated heterocycles. The molecule has 0 amide bonds. The number of ether oxygens (including phenoxy) is 1. The number of pyridine rings is 1. The second-order valence-electron chi connectivity index (χ2n) is 7.35. The van der Waals surface area contributed by atoms with Gasteiger partial charge in [0.05, 0.1) is 17.9 Å². The van der Waals surface area contributed by atoms with E-state index in [1.807, 2.05) is 44.2 Å². The zero-order valence-corrected chi connectivity index (χ0v) is 16.9. The number of imidazole rings is 1. The number of nitrogens with zero attached hydrogens (tertiary/aromatic N) is 4. The molecule has 3 aromatic heterocycles. The third-order valence-corrected chi connectivity index (χ3v) is 4.73. The number of halogens is 1. The maximum Gasteiger partial charge on any atom is 0.245 e. The molecule has 0 radical (unpaired) electrons. The number of benzene rings is 2. The molecule has 0 aliphatic heterocycles. The van der Waals surface area contributed by atoms with Crippen molar-refractivity contribution in [2.75, 3.05) is 5.32 Å². The molecule has 5 aromatic rings. The van der Waals surface area contributed by atoms with Crippen LogP contribution < -0.4 is 10.1 Å². The summed E-state index contributed by atoms with van der Waals surface area (Å²) in [5.74, 6) is 0.517. The fourth-order valence-corrected chi connectivity index (χ4v) is 3.43. The number of anilines is 2. The van der Waals surface area contributed by atoms with Gasteiger partial charge in [-0.1, -0.05) is 19.6 Å². The van der Waals surface area contributed by atoms with Gasteiger partial charge in [-0.25, -0.2) is 9.37 Å². The van der Waals surface area contributed by atoms with Crippen molar-refractivity contribution < 1.29 is 9.13 Å². The van der Waals surface area contributed by atoms with Crippen molar-refractivity contribution in [1.82, 2.24) is 24.9 Å². The van der Waals surface area contributed by atoms with Crippen LogP contribution in [0.1, 0.15) is 21.3 Å². The molecule has 0 saturated carbocycles. The van der Waals surface area contributed by atoms with Crippen molar-refractivity contribution in [3.05, 3.63) is 66.9 Å². The highest BCUT2D eigenvalue weighted by Gasteiger charge is 2.13. The van der Waals surface area contributed by atoms with Gasteiger partial charge in [0, 0.05) is 17.3 Å². The number of nitrogens with one attached hydrogen (secondary N) is 2. The normalized spacial score (nSPS) is 11.0. The van der Waals surface area contributed by atoms with Crippen molar-refractivity contribution in [3.8, 4) is 17.0 Å². The minimum Gasteiger partial charge on any atom is -0.473 e. The lowest BCUT2D eigenvalue weighted by Gasteiger charge is -2.12. The Hall–Kier alpha value is -4.07. The summed E-state index contributed by atoms with van der Waals surface area (Å²) in [5.41, 5.74) is 4.40. The molecule has 8 heteroatoms. The predicted octanol–water partition coefficient (Wildman–Crippen LogP) is 5.87. The van der Waals surface area contributed by atoms with E-state index in [-0.39, 0.29) is 19.3 Å². The van der Waals surface area contributed by atoms with Crippen molar-refractivity contribution in [1.29, 1.82) is 0 Å². The minimum absolute atomic E-state index is 0. The Bertz CT molecular complexity index is 1400. The molecule has 0 atom stereocenters. The van der Waals surface area contributed by atoms with Crippen LogP contribution in [0.2, 0.25) is 0 Å². The summed E-state index contributed by atoms with van der Waals surface area (Å²) in [6, 6.07) is 14.1. The SMILES string of the molecule is C.CC(C)Oc1nc(Nc2ccc3nccc(-c4cccc(F)c4)c3c2)nc2nc[nH]c12. The van der Waals surface area contributed by atoms with Gasteiger partial charge in [-0.2, -0.15) is 9.97 Å². The number of rotatable bonds is 5. The summed E-state index contributed by atoms with van der Waals surface area (Å²) in [6.45, 7) is 3.86. The zero-order chi connectivity index (χ0) is 21.4. The van der Waals surface area contributed by atoms with Crippen LogP contribution in [0.4, 0.5) is 16.0 Å². The lowest BCUT2D eigenvalue weighted by atomic mass is 10.0. The van der Waals surface area contributed by atoms with Gasteiger partial charge in [-0.15, -0.1) is 0 Å². The van der Waals surface area contributed by atoms with E-state index in [0.29, 0.717) is 23.0 Å². The van der Waals surface area contributed by atoms with Gasteiger partial charge in [-0.3, -0.25) is 4.98 Å². The highest BCUT2D eigenvalue weighted by molar-refractivity contribution is 5.96. The Kier molecular flexibility index (Phi) is 5.68. The average Bonchev–Trinajstić information content (AvgIpc) is 3.22. The van der Waals surface area contributed by atoms with Gasteiger partial charge in [0.1, 0.15) is 11.3 Å². The van der Waals surface area contributed by atoms with Crippen molar-refractivity contribution in [2.24, 2.45) is 0 Å². The van der Waals surface area contributed by atoms with E-state index in [0.717, 1.165) is 27.7 Å². The van der Waals surface area contributed by atoms with Crippen molar-refractivity contribution >= 4 is 33.7 Å². The lowest BCUT2D eigenvalue weighted by Crippen LogP contribution is -2.09. The first-order valence-electron chi connectivity index (χ1n) is 9.86. The van der Waals surface area contributed by atoms with Crippen LogP contribution in [0.25, 0.3) is 33.2 Å². The molecular formula is C24H23FN6O. The van der Waals surface area contributed by atoms with Gasteiger partial charge >= 0.3 is 0 Å². The Balaban J connectivity index is 0.00000245. The maximum absolute atomic E-state index is 13.8. The first kappa shape index (κ1) is 21.2. The Labute approximate surface area is 184 Å². The maximum atomic E-state index is 13.8. The number of fused-ring (bicyclic) bond motifs is 2. The molecule has 0 fully saturated rings. The first-order valence-corrected chi connectivity index (χ1v) is 9.86. The van der Waals surface area contributed by atoms with E-state index in [1.54, 1.807) is 18.6 Å². The van der Waals surface area contributed by atoms with Crippen LogP contribution in [0.15, 0.2) is 61.1 Å². The monoisotopic (exact) mass is 430 g/mol. The summed E-state index contributed by atoms with van der Waals surface area (Å²) < 4.78 is 19.6. The van der Waals surface area contributed by atoms with E-state index >= 15 is 0 Å². The number of hydrogen-bond donors (Lipinski definition) is 2. The topological polar surface area (TPSA) is 88.6 Å². The number of H-pyrrole nitrogens is 1. The fraction of sp³-hybridized carbons (Fsp3) is 0.167. The average molecular weight is 430 g/mol. The van der Waals surface area contributed by atoms with Gasteiger partial charge < -0.3 is 15.0 Å². The van der Waals surface area contributed by atoms with Crippen molar-refractivity contribution in [3.63, 3.8) is 0 Å². The quantitative estimate of drug-likeness (QED) is 0.362. The Morgan fingerprint density at radius 3 is 2.72 bits per heavy atom. The van der Waals surface area contributed by atoms with Crippen LogP contribution in [-0.4, -0.2) is 31.0 Å². The van der Waals surface area contributed by atoms with E-state index in [1.165, 1.54) is 12.1 Å². The molecule has 0 aliphatic carbocycles. The number of hydrogen-bond acceptors (Lipinski definition) is 6. The first-order chi connectivity index (χ1) is 15.1. The molecule has 2 aromatic carbocycles. The van der Waals surface area contributed by atoms with Crippen LogP contribution >= 0.6 is 0 Å². The summed E-state index contributed by atoms with van der Waals surface area (Å²) in [4.78, 5) is 20.6. The minimum atomic E-state index is -0.282. The molecule has 0 unspecified atom stereocenters. The Morgan fingerprint density at radius 1 is 1.03 bits per heavy atom. The molecule has 162 valence electrons. The highest BCUT2D eigenvalue weighted by atomic mass is 19.1. The lowest BCUT2D eigenvalue weighted by molar-refractivity contribution is 0.235. The highest BCUT2D eigenvalue weighted by Crippen LogP contribution is 2.31. The van der Waals surface area contributed by atoms with E-state index in [4.69, 9.17) is 4.74 Å². The zero-order valence-electron chi connectivity index (χ0n) is 16.9. The van der Waals surface area contributed by atoms with Crippen molar-refractivity contribution in [2.45, 2.75) is 27.4 Å². The fourth-order valence-electron chi connectivity index (χ4n) is 3.43. The van der Waals surface area contributed by atoms with Gasteiger partial charge in [0.15, 0.2) is 5.65 Å². The summed E-state index contributed by atoms with van der Waals surface area (Å²) in [6.07, 6.45) is 3.23. The standard InChI is InChI=1S/C23H19FN6O.CH4/c1-13(2)31-22-20-21(27-12-26-20)29-23(30-22)28-16-6-7-19-18(11-16)17(8-9-25-19)14-4-3-5-15(24)10-14;/h3-13H,1-2H3,(H2,26,27,28,29,30);1H4. The predicted molar refractivity (Wildman–Crippen MR) is 125 cm³/mol. The Morgan fingerprint density at radius 2 is 1.91 bits per heavy atom. The summed E-state index contributed by atoms with van der Waals surface area (Å²) in [5, 5.41) is 4.11. The van der Waals surface area contributed by atoms with Crippen LogP contribution in [0.3, 0.4) is 0 Å². The van der Waals surface area contributed by atoms with Crippen LogP contribution in [0, 0.1) is 5.82 Å². The molecule has 3 heterocycles. The molecule has 2 N–H and O–H groups in total. The van der Waals surface area contributed by atoms with Gasteiger partial charge in [0.25, 0.3) is 0 Å². The second kappa shape index (κ2) is 8.58. The molecule has 0 spiro atoms. The van der Waals surface area contributed by atoms with Gasteiger partial charge in [0.2, 0.25) is 11.8 Å². The van der Waals surface area contributed by atoms with E-state index in [9.17, 15) is 4.39 Å². The third kappa shape index (κ3) is 4.07. The van der Waals surface area contributed by atoms with E-state index < -0.39 is 0 Å². The van der Waals surface area contributed by atoms with Crippen LogP contribution in [0.5, 0.6) is 5.88 Å². The van der Waals surface area contributed by atoms with Gasteiger partial charge in [-0.05, 0) is 61.4 Å². The molecule has 0 aliphatic rings. The van der Waals surface area contributed by atoms with Crippen LogP contribution in [-0.2, 0) is 0 Å². The third-order valence-electron chi connectivity index (χ3n) is 4.73. The smallest absolute Gasteiger partial charge is 0.245 e. The summed E-state index contributed by atoms with van der Waals surface area (Å²) >= 11 is 0. The molecular weight excluding hydrogens is 407 g/mol. The summed E-state index contributed by atoms with van der Waals surface area (Å²) in [7, 11) is 0. The number of aromatic amines is 1. The molecule has 0 bridgehead atoms. The molecule has 32 heavy (non-hydrogen) atoms. The largest absolute Gasteiger partial charge is 0.473 e. The molecule has 5 rings (SSSR count). The number of aromatic nitrogens is 5. The van der Waals surface area contributed by atoms with E-state index in [2.05, 4.69) is 30.2 Å². The second-order valence-corrected chi connectivity index (χ2v) is 7.35. The molecule has 7 nitrogen and oxygen atoms in total.